The Balaban J connectivity index is 1.97. The first-order valence-corrected chi connectivity index (χ1v) is 16.4. The molecule has 0 spiro atoms. The van der Waals surface area contributed by atoms with Gasteiger partial charge < -0.3 is 0 Å². The summed E-state index contributed by atoms with van der Waals surface area (Å²) < 4.78 is 5.88. The third-order valence-electron chi connectivity index (χ3n) is 1.86. The van der Waals surface area contributed by atoms with Gasteiger partial charge in [-0.3, -0.25) is 0 Å². The summed E-state index contributed by atoms with van der Waals surface area (Å²) in [4.78, 5) is 0. The first kappa shape index (κ1) is 13.9. The number of hydrogen-bond acceptors (Lipinski definition) is 0. The van der Waals surface area contributed by atoms with Gasteiger partial charge in [-0.05, 0) is 0 Å². The van der Waals surface area contributed by atoms with Gasteiger partial charge in [0, 0.05) is 0 Å². The topological polar surface area (TPSA) is 0 Å². The Hall–Kier alpha value is 1.48. The van der Waals surface area contributed by atoms with Gasteiger partial charge >= 0.3 is 142 Å². The molecule has 0 fully saturated rings. The van der Waals surface area contributed by atoms with Gasteiger partial charge in [-0.2, -0.15) is 0 Å². The molecule has 2 aromatic carbocycles. The molecule has 0 aromatic heterocycles. The van der Waals surface area contributed by atoms with Crippen LogP contribution < -0.4 is 7.22 Å². The molecule has 0 radical (unpaired) electrons. The summed E-state index contributed by atoms with van der Waals surface area (Å²) in [6.45, 7) is 0. The number of halogens is 2. The molecule has 0 saturated heterocycles. The van der Waals surface area contributed by atoms with Crippen LogP contribution in [0.2, 0.25) is 0 Å². The zero-order valence-corrected chi connectivity index (χ0v) is 17.2. The van der Waals surface area contributed by atoms with Crippen molar-refractivity contribution in [2.45, 2.75) is 0 Å². The fraction of sp³-hybridized carbons (Fsp3) is 0. The first-order chi connectivity index (χ1) is 7.74. The molecule has 0 aliphatic rings. The van der Waals surface area contributed by atoms with Crippen LogP contribution in [0, 0.1) is 7.14 Å². The van der Waals surface area contributed by atoms with Crippen molar-refractivity contribution in [2.75, 3.05) is 0 Å². The van der Waals surface area contributed by atoms with Gasteiger partial charge in [-0.1, -0.05) is 0 Å². The van der Waals surface area contributed by atoms with Crippen LogP contribution in [-0.2, 0) is 0 Å². The Morgan fingerprint density at radius 2 is 0.875 bits per heavy atom. The standard InChI is InChI=1S/C12H8I2Te2/c13-9-1-5-11(6-2-9)15-16-12-7-3-10(14)4-8-12/h1-8H. The number of hydrogen-bond donors (Lipinski definition) is 0. The van der Waals surface area contributed by atoms with Crippen molar-refractivity contribution in [3.8, 4) is 0 Å². The molecule has 0 N–H and O–H groups in total. The van der Waals surface area contributed by atoms with Crippen LogP contribution in [-0.4, -0.2) is 34.1 Å². The van der Waals surface area contributed by atoms with Crippen molar-refractivity contribution in [1.29, 1.82) is 0 Å². The molecule has 0 unspecified atom stereocenters. The molecule has 0 nitrogen and oxygen atoms in total. The molecular formula is C12H8I2Te2. The molecule has 82 valence electrons. The van der Waals surface area contributed by atoms with E-state index in [9.17, 15) is 0 Å². The Morgan fingerprint density at radius 3 is 1.19 bits per heavy atom. The molecule has 0 bridgehead atoms. The van der Waals surface area contributed by atoms with Gasteiger partial charge in [0.15, 0.2) is 0 Å². The molecule has 0 saturated carbocycles. The summed E-state index contributed by atoms with van der Waals surface area (Å²) >= 11 is 4.86. The van der Waals surface area contributed by atoms with Crippen molar-refractivity contribution in [1.82, 2.24) is 0 Å². The summed E-state index contributed by atoms with van der Waals surface area (Å²) in [6.07, 6.45) is 0. The quantitative estimate of drug-likeness (QED) is 0.350. The molecule has 0 heterocycles. The maximum atomic E-state index is 2.36. The predicted molar refractivity (Wildman–Crippen MR) is 89.1 cm³/mol. The van der Waals surface area contributed by atoms with E-state index in [0.29, 0.717) is 0 Å². The van der Waals surface area contributed by atoms with Crippen molar-refractivity contribution in [3.05, 3.63) is 55.7 Å². The first-order valence-electron chi connectivity index (χ1n) is 4.60. The minimum atomic E-state index is 0.0673. The zero-order chi connectivity index (χ0) is 11.4. The van der Waals surface area contributed by atoms with E-state index in [-0.39, 0.29) is 34.1 Å². The van der Waals surface area contributed by atoms with Gasteiger partial charge in [-0.15, -0.1) is 0 Å². The Bertz CT molecular complexity index is 406. The van der Waals surface area contributed by atoms with E-state index >= 15 is 0 Å². The van der Waals surface area contributed by atoms with Crippen molar-refractivity contribution in [3.63, 3.8) is 0 Å². The molecule has 0 aliphatic carbocycles. The molecular weight excluding hydrogens is 653 g/mol. The van der Waals surface area contributed by atoms with Crippen molar-refractivity contribution in [2.24, 2.45) is 0 Å². The average molecular weight is 661 g/mol. The Morgan fingerprint density at radius 1 is 0.562 bits per heavy atom. The van der Waals surface area contributed by atoms with Gasteiger partial charge in [0.2, 0.25) is 0 Å². The SMILES string of the molecule is Ic1ccc([Te][Te]c2ccc(I)cc2)cc1. The van der Waals surface area contributed by atoms with Crippen LogP contribution in [0.3, 0.4) is 0 Å². The Labute approximate surface area is 140 Å². The van der Waals surface area contributed by atoms with Crippen molar-refractivity contribution >= 4 is 86.5 Å². The summed E-state index contributed by atoms with van der Waals surface area (Å²) in [6, 6.07) is 18.1. The summed E-state index contributed by atoms with van der Waals surface area (Å²) in [7, 11) is 0. The normalized spacial score (nSPS) is 10.4. The van der Waals surface area contributed by atoms with Crippen LogP contribution in [0.15, 0.2) is 48.5 Å². The monoisotopic (exact) mass is 666 g/mol. The van der Waals surface area contributed by atoms with E-state index in [2.05, 4.69) is 93.7 Å². The molecule has 2 aromatic rings. The molecule has 0 amide bonds. The number of benzene rings is 2. The second-order valence-corrected chi connectivity index (χ2v) is 15.6. The van der Waals surface area contributed by atoms with Crippen LogP contribution >= 0.6 is 45.2 Å². The van der Waals surface area contributed by atoms with E-state index in [0.717, 1.165) is 0 Å². The van der Waals surface area contributed by atoms with Crippen LogP contribution in [0.4, 0.5) is 0 Å². The Kier molecular flexibility index (Phi) is 6.22. The summed E-state index contributed by atoms with van der Waals surface area (Å²) in [5, 5.41) is 0. The average Bonchev–Trinajstić information content (AvgIpc) is 2.30. The van der Waals surface area contributed by atoms with Crippen LogP contribution in [0.25, 0.3) is 0 Å². The van der Waals surface area contributed by atoms with Crippen molar-refractivity contribution < 1.29 is 0 Å². The van der Waals surface area contributed by atoms with E-state index in [1.165, 1.54) is 7.14 Å². The van der Waals surface area contributed by atoms with Crippen LogP contribution in [0.1, 0.15) is 0 Å². The fourth-order valence-electron chi connectivity index (χ4n) is 1.08. The molecule has 16 heavy (non-hydrogen) atoms. The maximum absolute atomic E-state index is 2.36. The fourth-order valence-corrected chi connectivity index (χ4v) is 11.7. The van der Waals surface area contributed by atoms with Gasteiger partial charge in [0.05, 0.1) is 0 Å². The van der Waals surface area contributed by atoms with E-state index in [4.69, 9.17) is 0 Å². The van der Waals surface area contributed by atoms with E-state index in [1.807, 2.05) is 0 Å². The third-order valence-corrected chi connectivity index (χ3v) is 15.2. The van der Waals surface area contributed by atoms with E-state index < -0.39 is 0 Å². The van der Waals surface area contributed by atoms with Crippen LogP contribution in [0.5, 0.6) is 0 Å². The molecule has 0 atom stereocenters. The predicted octanol–water partition coefficient (Wildman–Crippen LogP) is 2.17. The second kappa shape index (κ2) is 7.16. The zero-order valence-electron chi connectivity index (χ0n) is 8.19. The second-order valence-electron chi connectivity index (χ2n) is 3.07. The minimum absolute atomic E-state index is 0.0673. The third kappa shape index (κ3) is 4.63. The number of rotatable bonds is 3. The summed E-state index contributed by atoms with van der Waals surface area (Å²) in [5.41, 5.74) is 0. The van der Waals surface area contributed by atoms with Gasteiger partial charge in [0.1, 0.15) is 0 Å². The van der Waals surface area contributed by atoms with Gasteiger partial charge in [-0.25, -0.2) is 0 Å². The summed E-state index contributed by atoms with van der Waals surface area (Å²) in [5.74, 6) is 0. The molecule has 4 heteroatoms. The molecule has 0 aliphatic heterocycles. The van der Waals surface area contributed by atoms with E-state index in [1.54, 1.807) is 7.22 Å². The molecule has 2 rings (SSSR count). The van der Waals surface area contributed by atoms with Gasteiger partial charge in [0.25, 0.3) is 0 Å².